The van der Waals surface area contributed by atoms with Crippen LogP contribution in [0.15, 0.2) is 66.7 Å². The molecule has 0 bridgehead atoms. The summed E-state index contributed by atoms with van der Waals surface area (Å²) in [4.78, 5) is 12.1. The van der Waals surface area contributed by atoms with Gasteiger partial charge in [0.25, 0.3) is 5.91 Å². The molecular weight excluding hydrogens is 348 g/mol. The van der Waals surface area contributed by atoms with Crippen molar-refractivity contribution in [2.75, 3.05) is 11.9 Å². The third kappa shape index (κ3) is 5.29. The van der Waals surface area contributed by atoms with E-state index in [2.05, 4.69) is 20.8 Å². The number of nitrogens with zero attached hydrogens (tertiary/aromatic N) is 2. The molecule has 2 aromatic carbocycles. The van der Waals surface area contributed by atoms with Crippen LogP contribution in [0.3, 0.4) is 0 Å². The highest BCUT2D eigenvalue weighted by Gasteiger charge is 2.07. The first-order valence-electron chi connectivity index (χ1n) is 8.35. The highest BCUT2D eigenvalue weighted by atomic mass is 35.5. The van der Waals surface area contributed by atoms with E-state index in [-0.39, 0.29) is 5.91 Å². The number of hydrogen-bond donors (Lipinski definition) is 2. The Morgan fingerprint density at radius 2 is 1.65 bits per heavy atom. The van der Waals surface area contributed by atoms with Gasteiger partial charge in [0.1, 0.15) is 5.82 Å². The van der Waals surface area contributed by atoms with Gasteiger partial charge in [0, 0.05) is 18.1 Å². The highest BCUT2D eigenvalue weighted by molar-refractivity contribution is 6.30. The lowest BCUT2D eigenvalue weighted by Gasteiger charge is -2.07. The highest BCUT2D eigenvalue weighted by Crippen LogP contribution is 2.10. The van der Waals surface area contributed by atoms with E-state index >= 15 is 0 Å². The molecular formula is C20H19ClN4O. The van der Waals surface area contributed by atoms with Crippen LogP contribution in [0, 0.1) is 0 Å². The summed E-state index contributed by atoms with van der Waals surface area (Å²) in [6.07, 6.45) is 0.845. The summed E-state index contributed by atoms with van der Waals surface area (Å²) >= 11 is 5.87. The SMILES string of the molecule is O=C(NCc1ccccc1)c1ccc(NCCc2ccc(Cl)cc2)nn1. The number of aromatic nitrogens is 2. The fourth-order valence-corrected chi connectivity index (χ4v) is 2.53. The van der Waals surface area contributed by atoms with Gasteiger partial charge in [0.05, 0.1) is 0 Å². The molecule has 1 aromatic heterocycles. The second-order valence-electron chi connectivity index (χ2n) is 5.78. The fraction of sp³-hybridized carbons (Fsp3) is 0.150. The molecule has 0 atom stereocenters. The van der Waals surface area contributed by atoms with E-state index < -0.39 is 0 Å². The third-order valence-corrected chi connectivity index (χ3v) is 4.08. The molecule has 0 saturated carbocycles. The van der Waals surface area contributed by atoms with Crippen LogP contribution in [-0.2, 0) is 13.0 Å². The summed E-state index contributed by atoms with van der Waals surface area (Å²) in [5.74, 6) is 0.396. The van der Waals surface area contributed by atoms with Crippen LogP contribution < -0.4 is 10.6 Å². The Labute approximate surface area is 157 Å². The van der Waals surface area contributed by atoms with Gasteiger partial charge in [0.2, 0.25) is 0 Å². The van der Waals surface area contributed by atoms with Crippen molar-refractivity contribution < 1.29 is 4.79 Å². The van der Waals surface area contributed by atoms with Crippen molar-refractivity contribution in [2.24, 2.45) is 0 Å². The maximum absolute atomic E-state index is 12.1. The van der Waals surface area contributed by atoms with Crippen LogP contribution in [0.1, 0.15) is 21.6 Å². The van der Waals surface area contributed by atoms with Gasteiger partial charge >= 0.3 is 0 Å². The average molecular weight is 367 g/mol. The molecule has 3 aromatic rings. The van der Waals surface area contributed by atoms with Crippen molar-refractivity contribution in [1.82, 2.24) is 15.5 Å². The van der Waals surface area contributed by atoms with Crippen LogP contribution in [-0.4, -0.2) is 22.6 Å². The average Bonchev–Trinajstić information content (AvgIpc) is 2.69. The molecule has 5 nitrogen and oxygen atoms in total. The van der Waals surface area contributed by atoms with Crippen molar-refractivity contribution in [3.8, 4) is 0 Å². The monoisotopic (exact) mass is 366 g/mol. The number of hydrogen-bond acceptors (Lipinski definition) is 4. The molecule has 132 valence electrons. The number of carbonyl (C=O) groups excluding carboxylic acids is 1. The van der Waals surface area contributed by atoms with Crippen molar-refractivity contribution in [3.05, 3.63) is 88.6 Å². The van der Waals surface area contributed by atoms with Gasteiger partial charge in [-0.25, -0.2) is 0 Å². The smallest absolute Gasteiger partial charge is 0.272 e. The van der Waals surface area contributed by atoms with E-state index in [4.69, 9.17) is 11.6 Å². The molecule has 1 heterocycles. The quantitative estimate of drug-likeness (QED) is 0.668. The van der Waals surface area contributed by atoms with Crippen LogP contribution in [0.5, 0.6) is 0 Å². The van der Waals surface area contributed by atoms with E-state index in [1.807, 2.05) is 54.6 Å². The predicted octanol–water partition coefficient (Wildman–Crippen LogP) is 3.71. The summed E-state index contributed by atoms with van der Waals surface area (Å²) in [6, 6.07) is 20.9. The van der Waals surface area contributed by atoms with Crippen LogP contribution in [0.4, 0.5) is 5.82 Å². The van der Waals surface area contributed by atoms with E-state index in [0.29, 0.717) is 18.1 Å². The van der Waals surface area contributed by atoms with Gasteiger partial charge in [-0.1, -0.05) is 54.1 Å². The first-order chi connectivity index (χ1) is 12.7. The lowest BCUT2D eigenvalue weighted by molar-refractivity contribution is 0.0945. The number of halogens is 1. The number of carbonyl (C=O) groups is 1. The first-order valence-corrected chi connectivity index (χ1v) is 8.73. The van der Waals surface area contributed by atoms with Gasteiger partial charge < -0.3 is 10.6 Å². The van der Waals surface area contributed by atoms with E-state index in [0.717, 1.165) is 23.6 Å². The number of anilines is 1. The van der Waals surface area contributed by atoms with E-state index in [9.17, 15) is 4.79 Å². The minimum atomic E-state index is -0.242. The standard InChI is InChI=1S/C20H19ClN4O/c21-17-8-6-15(7-9-17)12-13-22-19-11-10-18(24-25-19)20(26)23-14-16-4-2-1-3-5-16/h1-11H,12-14H2,(H,22,25)(H,23,26). The van der Waals surface area contributed by atoms with Crippen molar-refractivity contribution in [3.63, 3.8) is 0 Å². The zero-order chi connectivity index (χ0) is 18.2. The van der Waals surface area contributed by atoms with Crippen molar-refractivity contribution in [1.29, 1.82) is 0 Å². The van der Waals surface area contributed by atoms with Gasteiger partial charge in [-0.3, -0.25) is 4.79 Å². The zero-order valence-corrected chi connectivity index (χ0v) is 14.9. The van der Waals surface area contributed by atoms with Crippen LogP contribution in [0.25, 0.3) is 0 Å². The minimum Gasteiger partial charge on any atom is -0.368 e. The number of rotatable bonds is 7. The summed E-state index contributed by atoms with van der Waals surface area (Å²) < 4.78 is 0. The normalized spacial score (nSPS) is 10.3. The van der Waals surface area contributed by atoms with Crippen LogP contribution >= 0.6 is 11.6 Å². The topological polar surface area (TPSA) is 66.9 Å². The first kappa shape index (κ1) is 17.9. The third-order valence-electron chi connectivity index (χ3n) is 3.83. The summed E-state index contributed by atoms with van der Waals surface area (Å²) in [5.41, 5.74) is 2.52. The number of nitrogens with one attached hydrogen (secondary N) is 2. The second kappa shape index (κ2) is 8.97. The fourth-order valence-electron chi connectivity index (χ4n) is 2.40. The molecule has 6 heteroatoms. The Morgan fingerprint density at radius 1 is 0.885 bits per heavy atom. The Bertz CT molecular complexity index is 836. The van der Waals surface area contributed by atoms with Gasteiger partial charge in [0.15, 0.2) is 5.69 Å². The van der Waals surface area contributed by atoms with E-state index in [1.165, 1.54) is 5.56 Å². The van der Waals surface area contributed by atoms with Gasteiger partial charge in [-0.05, 0) is 41.8 Å². The maximum atomic E-state index is 12.1. The van der Waals surface area contributed by atoms with Crippen molar-refractivity contribution >= 4 is 23.3 Å². The van der Waals surface area contributed by atoms with Crippen LogP contribution in [0.2, 0.25) is 5.02 Å². The molecule has 1 amide bonds. The zero-order valence-electron chi connectivity index (χ0n) is 14.2. The summed E-state index contributed by atoms with van der Waals surface area (Å²) in [6.45, 7) is 1.18. The van der Waals surface area contributed by atoms with E-state index in [1.54, 1.807) is 12.1 Å². The Kier molecular flexibility index (Phi) is 6.17. The number of benzene rings is 2. The van der Waals surface area contributed by atoms with Crippen molar-refractivity contribution in [2.45, 2.75) is 13.0 Å². The molecule has 3 rings (SSSR count). The lowest BCUT2D eigenvalue weighted by atomic mass is 10.1. The molecule has 0 fully saturated rings. The lowest BCUT2D eigenvalue weighted by Crippen LogP contribution is -2.24. The minimum absolute atomic E-state index is 0.242. The summed E-state index contributed by atoms with van der Waals surface area (Å²) in [5, 5.41) is 14.8. The molecule has 26 heavy (non-hydrogen) atoms. The molecule has 0 aliphatic carbocycles. The molecule has 0 spiro atoms. The maximum Gasteiger partial charge on any atom is 0.272 e. The van der Waals surface area contributed by atoms with Gasteiger partial charge in [-0.2, -0.15) is 0 Å². The Morgan fingerprint density at radius 3 is 2.35 bits per heavy atom. The molecule has 0 aliphatic heterocycles. The molecule has 0 aliphatic rings. The number of amides is 1. The predicted molar refractivity (Wildman–Crippen MR) is 103 cm³/mol. The molecule has 0 saturated heterocycles. The van der Waals surface area contributed by atoms with Gasteiger partial charge in [-0.15, -0.1) is 10.2 Å². The molecule has 0 unspecified atom stereocenters. The summed E-state index contributed by atoms with van der Waals surface area (Å²) in [7, 11) is 0. The Balaban J connectivity index is 1.46. The molecule has 0 radical (unpaired) electrons. The Hall–Kier alpha value is -2.92. The largest absolute Gasteiger partial charge is 0.368 e. The molecule has 2 N–H and O–H groups in total. The second-order valence-corrected chi connectivity index (χ2v) is 6.21.